The smallest absolute Gasteiger partial charge is 0.652 e. The van der Waals surface area contributed by atoms with E-state index in [-0.39, 0.29) is 53.6 Å². The fraction of sp³-hybridized carbons (Fsp3) is 0. The van der Waals surface area contributed by atoms with Gasteiger partial charge >= 0.3 is 53.6 Å². The van der Waals surface area contributed by atoms with Crippen molar-refractivity contribution in [1.82, 2.24) is 0 Å². The maximum absolute atomic E-state index is 8.33. The summed E-state index contributed by atoms with van der Waals surface area (Å²) in [5.74, 6) is 0. The van der Waals surface area contributed by atoms with Crippen molar-refractivity contribution < 1.29 is 98.6 Å². The zero-order valence-electron chi connectivity index (χ0n) is 6.61. The first-order chi connectivity index (χ1) is 5.20. The summed E-state index contributed by atoms with van der Waals surface area (Å²) < 4.78 is 0. The molecule has 15 heavy (non-hydrogen) atoms. The first-order valence-corrected chi connectivity index (χ1v) is 1.84. The summed E-state index contributed by atoms with van der Waals surface area (Å²) in [7, 11) is 0. The van der Waals surface area contributed by atoms with Crippen molar-refractivity contribution >= 4 is 18.5 Å². The van der Waals surface area contributed by atoms with Crippen LogP contribution in [0.15, 0.2) is 0 Å². The Morgan fingerprint density at radius 3 is 0.600 bits per heavy atom. The number of hydrogen-bond donors (Lipinski definition) is 0. The van der Waals surface area contributed by atoms with E-state index in [9.17, 15) is 0 Å². The Balaban J connectivity index is -0.0000000184. The Labute approximate surface area is 117 Å². The molecule has 0 aliphatic carbocycles. The van der Waals surface area contributed by atoms with Gasteiger partial charge in [0.1, 0.15) is 0 Å². The first kappa shape index (κ1) is 36.6. The van der Waals surface area contributed by atoms with E-state index in [1.165, 1.54) is 0 Å². The Morgan fingerprint density at radius 2 is 0.600 bits per heavy atom. The minimum absolute atomic E-state index is 0. The fourth-order valence-electron chi connectivity index (χ4n) is 0. The van der Waals surface area contributed by atoms with Crippen LogP contribution in [-0.2, 0) is 53.6 Å². The van der Waals surface area contributed by atoms with Crippen LogP contribution in [-0.4, -0.2) is 18.5 Å². The molecule has 1 radical (unpaired) electrons. The third-order valence-electron chi connectivity index (χ3n) is 0. The van der Waals surface area contributed by atoms with Gasteiger partial charge in [-0.05, 0) is 18.5 Å². The SMILES string of the molecule is O=C([O-])[O-].O=C([O-])[O-].O=C([O-])[O-].[Fe+2].[Mn+2].[Zn+2]. The molecule has 0 aliphatic heterocycles. The molecule has 0 amide bonds. The molecule has 0 unspecified atom stereocenters. The Kier molecular flexibility index (Phi) is 71.2. The van der Waals surface area contributed by atoms with E-state index in [2.05, 4.69) is 0 Å². The van der Waals surface area contributed by atoms with Crippen LogP contribution in [0.25, 0.3) is 0 Å². The minimum Gasteiger partial charge on any atom is -0.652 e. The third kappa shape index (κ3) is 6370. The predicted molar refractivity (Wildman–Crippen MR) is 16.2 cm³/mol. The van der Waals surface area contributed by atoms with Crippen LogP contribution >= 0.6 is 0 Å². The molecule has 12 heteroatoms. The maximum Gasteiger partial charge on any atom is 2.00 e. The average Bonchev–Trinajstić information content (AvgIpc) is 1.54. The van der Waals surface area contributed by atoms with Gasteiger partial charge in [-0.1, -0.05) is 0 Å². The van der Waals surface area contributed by atoms with Gasteiger partial charge in [-0.15, -0.1) is 0 Å². The summed E-state index contributed by atoms with van der Waals surface area (Å²) >= 11 is 0. The summed E-state index contributed by atoms with van der Waals surface area (Å²) in [6, 6.07) is 0. The molecule has 0 bridgehead atoms. The predicted octanol–water partition coefficient (Wildman–Crippen LogP) is -7.35. The zero-order chi connectivity index (χ0) is 10.7. The Bertz CT molecular complexity index is 123. The van der Waals surface area contributed by atoms with Crippen LogP contribution in [0.4, 0.5) is 14.4 Å². The average molecular weight is 356 g/mol. The van der Waals surface area contributed by atoms with E-state index in [4.69, 9.17) is 45.0 Å². The van der Waals surface area contributed by atoms with Gasteiger partial charge in [0.05, 0.1) is 0 Å². The first-order valence-electron chi connectivity index (χ1n) is 1.84. The van der Waals surface area contributed by atoms with E-state index in [1.807, 2.05) is 0 Å². The number of hydrogen-bond acceptors (Lipinski definition) is 9. The molecule has 9 nitrogen and oxygen atoms in total. The van der Waals surface area contributed by atoms with Crippen molar-refractivity contribution in [2.75, 3.05) is 0 Å². The molecular formula is C3FeMnO9Zn. The second-order valence-electron chi connectivity index (χ2n) is 0.750. The monoisotopic (exact) mass is 355 g/mol. The van der Waals surface area contributed by atoms with Crippen molar-refractivity contribution in [2.45, 2.75) is 0 Å². The zero-order valence-corrected chi connectivity index (χ0v) is 11.9. The van der Waals surface area contributed by atoms with Gasteiger partial charge in [0, 0.05) is 0 Å². The Hall–Kier alpha value is -0.528. The molecule has 0 saturated heterocycles. The van der Waals surface area contributed by atoms with Crippen LogP contribution in [0.5, 0.6) is 0 Å². The molecule has 0 aromatic carbocycles. The standard InChI is InChI=1S/3CH2O3.Fe.Mn.Zn/c3*2-1(3)4;;;/h3*(H2,2,3,4);;;/q;;;3*+2/p-6. The summed E-state index contributed by atoms with van der Waals surface area (Å²) in [6.07, 6.45) is -7.00. The van der Waals surface area contributed by atoms with Gasteiger partial charge in [-0.2, -0.15) is 0 Å². The molecule has 0 spiro atoms. The summed E-state index contributed by atoms with van der Waals surface area (Å²) in [6.45, 7) is 0. The van der Waals surface area contributed by atoms with Crippen LogP contribution in [0.2, 0.25) is 0 Å². The molecule has 0 saturated carbocycles. The van der Waals surface area contributed by atoms with Crippen molar-refractivity contribution in [1.29, 1.82) is 0 Å². The molecule has 0 fully saturated rings. The van der Waals surface area contributed by atoms with E-state index in [1.54, 1.807) is 0 Å². The van der Waals surface area contributed by atoms with Gasteiger partial charge in [-0.25, -0.2) is 0 Å². The summed E-state index contributed by atoms with van der Waals surface area (Å²) in [4.78, 5) is 25.0. The number of carbonyl (C=O) groups is 3. The van der Waals surface area contributed by atoms with Crippen LogP contribution in [0.1, 0.15) is 0 Å². The molecule has 0 rings (SSSR count). The Morgan fingerprint density at radius 1 is 0.600 bits per heavy atom. The van der Waals surface area contributed by atoms with Crippen molar-refractivity contribution in [3.63, 3.8) is 0 Å². The molecular weight excluding hydrogens is 356 g/mol. The van der Waals surface area contributed by atoms with E-state index in [0.29, 0.717) is 0 Å². The number of carbonyl (C=O) groups excluding carboxylic acids is 3. The van der Waals surface area contributed by atoms with E-state index >= 15 is 0 Å². The molecule has 0 aliphatic rings. The normalized spacial score (nSPS) is 4.80. The molecule has 0 atom stereocenters. The van der Waals surface area contributed by atoms with Gasteiger partial charge < -0.3 is 45.0 Å². The number of rotatable bonds is 0. The van der Waals surface area contributed by atoms with E-state index < -0.39 is 18.5 Å². The third-order valence-corrected chi connectivity index (χ3v) is 0. The minimum atomic E-state index is -2.33. The molecule has 0 heterocycles. The molecule has 0 N–H and O–H groups in total. The molecule has 0 aromatic heterocycles. The quantitative estimate of drug-likeness (QED) is 0.379. The number of carboxylic acid groups (broad SMARTS) is 6. The van der Waals surface area contributed by atoms with Crippen molar-refractivity contribution in [3.8, 4) is 0 Å². The summed E-state index contributed by atoms with van der Waals surface area (Å²) in [5, 5.41) is 50.0. The van der Waals surface area contributed by atoms with Crippen LogP contribution < -0.4 is 30.6 Å². The molecule has 83 valence electrons. The van der Waals surface area contributed by atoms with Crippen molar-refractivity contribution in [3.05, 3.63) is 0 Å². The van der Waals surface area contributed by atoms with Crippen molar-refractivity contribution in [2.24, 2.45) is 0 Å². The van der Waals surface area contributed by atoms with Gasteiger partial charge in [-0.3, -0.25) is 0 Å². The fourth-order valence-corrected chi connectivity index (χ4v) is 0. The van der Waals surface area contributed by atoms with E-state index in [0.717, 1.165) is 0 Å². The van der Waals surface area contributed by atoms with Gasteiger partial charge in [0.2, 0.25) is 0 Å². The van der Waals surface area contributed by atoms with Crippen LogP contribution in [0, 0.1) is 0 Å². The summed E-state index contributed by atoms with van der Waals surface area (Å²) in [5.41, 5.74) is 0. The van der Waals surface area contributed by atoms with Gasteiger partial charge in [0.25, 0.3) is 0 Å². The second-order valence-corrected chi connectivity index (χ2v) is 0.750. The van der Waals surface area contributed by atoms with Crippen LogP contribution in [0.3, 0.4) is 0 Å². The largest absolute Gasteiger partial charge is 2.00 e. The van der Waals surface area contributed by atoms with Gasteiger partial charge in [0.15, 0.2) is 0 Å². The maximum atomic E-state index is 8.33. The second kappa shape index (κ2) is 29.2. The molecule has 0 aromatic rings. The topological polar surface area (TPSA) is 190 Å².